The number of imidazole rings is 1. The molecule has 0 unspecified atom stereocenters. The SMILES string of the molecule is Cc1c(CNS(=O)(=O)c2ccc(Cl)c(Cl)c2)sc2nc(-c3ccc(F)cc3)cn12. The summed E-state index contributed by atoms with van der Waals surface area (Å²) in [6, 6.07) is 10.3. The molecular formula is C19H14Cl2FN3O2S2. The zero-order valence-corrected chi connectivity index (χ0v) is 18.1. The Labute approximate surface area is 180 Å². The molecule has 2 aromatic heterocycles. The smallest absolute Gasteiger partial charge is 0.240 e. The highest BCUT2D eigenvalue weighted by atomic mass is 35.5. The molecule has 0 aliphatic heterocycles. The van der Waals surface area contributed by atoms with E-state index in [1.807, 2.05) is 17.5 Å². The highest BCUT2D eigenvalue weighted by molar-refractivity contribution is 7.89. The van der Waals surface area contributed by atoms with E-state index >= 15 is 0 Å². The quantitative estimate of drug-likeness (QED) is 0.431. The first kappa shape index (κ1) is 20.3. The summed E-state index contributed by atoms with van der Waals surface area (Å²) in [4.78, 5) is 6.18. The van der Waals surface area contributed by atoms with E-state index in [4.69, 9.17) is 23.2 Å². The van der Waals surface area contributed by atoms with Crippen LogP contribution in [0.5, 0.6) is 0 Å². The summed E-state index contributed by atoms with van der Waals surface area (Å²) in [5, 5.41) is 0.464. The third kappa shape index (κ3) is 4.04. The average Bonchev–Trinajstić information content (AvgIpc) is 3.22. The molecule has 150 valence electrons. The Bertz CT molecular complexity index is 1320. The minimum atomic E-state index is -3.74. The second-order valence-electron chi connectivity index (χ2n) is 6.30. The van der Waals surface area contributed by atoms with Crippen molar-refractivity contribution in [2.75, 3.05) is 0 Å². The fourth-order valence-corrected chi connectivity index (χ4v) is 5.32. The lowest BCUT2D eigenvalue weighted by molar-refractivity contribution is 0.581. The maximum absolute atomic E-state index is 13.1. The van der Waals surface area contributed by atoms with E-state index in [1.165, 1.54) is 41.7 Å². The third-order valence-electron chi connectivity index (χ3n) is 4.42. The fraction of sp³-hybridized carbons (Fsp3) is 0.105. The molecule has 0 fully saturated rings. The highest BCUT2D eigenvalue weighted by Crippen LogP contribution is 2.28. The number of nitrogens with one attached hydrogen (secondary N) is 1. The van der Waals surface area contributed by atoms with Crippen LogP contribution in [0, 0.1) is 12.7 Å². The topological polar surface area (TPSA) is 63.5 Å². The van der Waals surface area contributed by atoms with E-state index in [9.17, 15) is 12.8 Å². The standard InChI is InChI=1S/C19H14Cl2FN3O2S2/c1-11-18(9-23-29(26,27)14-6-7-15(20)16(21)8-14)28-19-24-17(10-25(11)19)12-2-4-13(22)5-3-12/h2-8,10,23H,9H2,1H3. The zero-order chi connectivity index (χ0) is 20.8. The predicted octanol–water partition coefficient (Wildman–Crippen LogP) is 5.30. The van der Waals surface area contributed by atoms with Gasteiger partial charge in [0.1, 0.15) is 5.82 Å². The number of aryl methyl sites for hydroxylation is 1. The van der Waals surface area contributed by atoms with Crippen LogP contribution in [-0.2, 0) is 16.6 Å². The maximum Gasteiger partial charge on any atom is 0.240 e. The van der Waals surface area contributed by atoms with Gasteiger partial charge in [0.25, 0.3) is 0 Å². The van der Waals surface area contributed by atoms with Gasteiger partial charge in [-0.25, -0.2) is 22.5 Å². The Balaban J connectivity index is 1.57. The van der Waals surface area contributed by atoms with Crippen molar-refractivity contribution >= 4 is 49.5 Å². The van der Waals surface area contributed by atoms with Crippen molar-refractivity contribution in [1.29, 1.82) is 0 Å². The Hall–Kier alpha value is -1.97. The molecule has 0 atom stereocenters. The first-order chi connectivity index (χ1) is 13.7. The molecule has 0 aliphatic rings. The Morgan fingerprint density at radius 3 is 2.52 bits per heavy atom. The second-order valence-corrected chi connectivity index (χ2v) is 9.94. The average molecular weight is 470 g/mol. The van der Waals surface area contributed by atoms with Gasteiger partial charge in [0, 0.05) is 28.9 Å². The Morgan fingerprint density at radius 1 is 1.14 bits per heavy atom. The van der Waals surface area contributed by atoms with Gasteiger partial charge in [0.05, 0.1) is 20.6 Å². The van der Waals surface area contributed by atoms with E-state index < -0.39 is 10.0 Å². The van der Waals surface area contributed by atoms with E-state index in [1.54, 1.807) is 12.1 Å². The van der Waals surface area contributed by atoms with Crippen molar-refractivity contribution in [3.8, 4) is 11.3 Å². The number of benzene rings is 2. The summed E-state index contributed by atoms with van der Waals surface area (Å²) in [6.45, 7) is 2.01. The molecule has 4 rings (SSSR count). The molecule has 10 heteroatoms. The number of hydrogen-bond acceptors (Lipinski definition) is 4. The van der Waals surface area contributed by atoms with Crippen molar-refractivity contribution < 1.29 is 12.8 Å². The van der Waals surface area contributed by atoms with E-state index in [-0.39, 0.29) is 27.3 Å². The van der Waals surface area contributed by atoms with Gasteiger partial charge in [-0.2, -0.15) is 0 Å². The Morgan fingerprint density at radius 2 is 1.86 bits per heavy atom. The van der Waals surface area contributed by atoms with Gasteiger partial charge in [0.2, 0.25) is 10.0 Å². The monoisotopic (exact) mass is 469 g/mol. The molecule has 0 radical (unpaired) electrons. The molecular weight excluding hydrogens is 456 g/mol. The van der Waals surface area contributed by atoms with Crippen LogP contribution in [-0.4, -0.2) is 17.8 Å². The second kappa shape index (κ2) is 7.70. The molecule has 4 aromatic rings. The largest absolute Gasteiger partial charge is 0.294 e. The molecule has 0 amide bonds. The number of sulfonamides is 1. The van der Waals surface area contributed by atoms with E-state index in [0.29, 0.717) is 0 Å². The Kier molecular flexibility index (Phi) is 5.39. The van der Waals surface area contributed by atoms with Crippen LogP contribution in [0.4, 0.5) is 4.39 Å². The number of aromatic nitrogens is 2. The molecule has 0 saturated heterocycles. The minimum Gasteiger partial charge on any atom is -0.294 e. The van der Waals surface area contributed by atoms with Gasteiger partial charge in [-0.15, -0.1) is 0 Å². The van der Waals surface area contributed by atoms with E-state index in [0.717, 1.165) is 26.8 Å². The molecule has 1 N–H and O–H groups in total. The van der Waals surface area contributed by atoms with Crippen LogP contribution >= 0.6 is 34.5 Å². The van der Waals surface area contributed by atoms with Crippen LogP contribution in [0.2, 0.25) is 10.0 Å². The van der Waals surface area contributed by atoms with Gasteiger partial charge in [-0.1, -0.05) is 34.5 Å². The van der Waals surface area contributed by atoms with E-state index in [2.05, 4.69) is 9.71 Å². The summed E-state index contributed by atoms with van der Waals surface area (Å²) in [5.74, 6) is -0.303. The number of hydrogen-bond donors (Lipinski definition) is 1. The van der Waals surface area contributed by atoms with Crippen molar-refractivity contribution in [2.24, 2.45) is 0 Å². The van der Waals surface area contributed by atoms with Gasteiger partial charge in [-0.05, 0) is 49.4 Å². The number of nitrogens with zero attached hydrogens (tertiary/aromatic N) is 2. The molecule has 5 nitrogen and oxygen atoms in total. The molecule has 0 spiro atoms. The molecule has 0 bridgehead atoms. The molecule has 0 aliphatic carbocycles. The van der Waals surface area contributed by atoms with Crippen molar-refractivity contribution in [3.05, 3.63) is 75.1 Å². The number of fused-ring (bicyclic) bond motifs is 1. The molecule has 2 aromatic carbocycles. The number of rotatable bonds is 5. The van der Waals surface area contributed by atoms with Crippen LogP contribution in [0.15, 0.2) is 53.6 Å². The van der Waals surface area contributed by atoms with Crippen molar-refractivity contribution in [2.45, 2.75) is 18.4 Å². The first-order valence-corrected chi connectivity index (χ1v) is 11.5. The molecule has 29 heavy (non-hydrogen) atoms. The van der Waals surface area contributed by atoms with Crippen LogP contribution in [0.25, 0.3) is 16.2 Å². The van der Waals surface area contributed by atoms with Crippen LogP contribution in [0.1, 0.15) is 10.6 Å². The summed E-state index contributed by atoms with van der Waals surface area (Å²) in [6.07, 6.45) is 1.85. The fourth-order valence-electron chi connectivity index (χ4n) is 2.81. The lowest BCUT2D eigenvalue weighted by Gasteiger charge is -2.07. The number of halogens is 3. The van der Waals surface area contributed by atoms with Crippen molar-refractivity contribution in [3.63, 3.8) is 0 Å². The molecule has 2 heterocycles. The minimum absolute atomic E-state index is 0.0458. The summed E-state index contributed by atoms with van der Waals surface area (Å²) in [5.41, 5.74) is 2.41. The first-order valence-electron chi connectivity index (χ1n) is 8.42. The zero-order valence-electron chi connectivity index (χ0n) is 15.0. The van der Waals surface area contributed by atoms with Gasteiger partial charge in [0.15, 0.2) is 4.96 Å². The lowest BCUT2D eigenvalue weighted by atomic mass is 10.2. The summed E-state index contributed by atoms with van der Waals surface area (Å²) in [7, 11) is -3.74. The van der Waals surface area contributed by atoms with Crippen LogP contribution < -0.4 is 4.72 Å². The lowest BCUT2D eigenvalue weighted by Crippen LogP contribution is -2.23. The van der Waals surface area contributed by atoms with Gasteiger partial charge < -0.3 is 0 Å². The van der Waals surface area contributed by atoms with Gasteiger partial charge in [-0.3, -0.25) is 4.40 Å². The predicted molar refractivity (Wildman–Crippen MR) is 114 cm³/mol. The summed E-state index contributed by atoms with van der Waals surface area (Å²) < 4.78 is 42.7. The van der Waals surface area contributed by atoms with Gasteiger partial charge >= 0.3 is 0 Å². The number of thiazole rings is 1. The van der Waals surface area contributed by atoms with Crippen LogP contribution in [0.3, 0.4) is 0 Å². The normalized spacial score (nSPS) is 12.0. The highest BCUT2D eigenvalue weighted by Gasteiger charge is 2.18. The third-order valence-corrected chi connectivity index (χ3v) is 7.71. The maximum atomic E-state index is 13.1. The molecule has 0 saturated carbocycles. The van der Waals surface area contributed by atoms with Crippen molar-refractivity contribution in [1.82, 2.24) is 14.1 Å². The summed E-state index contributed by atoms with van der Waals surface area (Å²) >= 11 is 13.2.